The molecule has 8 heteroatoms. The number of ether oxygens (including phenoxy) is 1. The van der Waals surface area contributed by atoms with Gasteiger partial charge in [-0.25, -0.2) is 4.79 Å². The number of benzene rings is 1. The SMILES string of the molecule is COCCNC(=O)C(NC(=O)CC(C)C)C1CCN(C(=O)Nc2ccc(C)cc2)CC1. The van der Waals surface area contributed by atoms with E-state index < -0.39 is 6.04 Å². The number of carbonyl (C=O) groups excluding carboxylic acids is 3. The van der Waals surface area contributed by atoms with Gasteiger partial charge in [-0.3, -0.25) is 9.59 Å². The number of nitrogens with one attached hydrogen (secondary N) is 3. The minimum absolute atomic E-state index is 0.0258. The molecule has 1 atom stereocenters. The Morgan fingerprint density at radius 2 is 1.77 bits per heavy atom. The van der Waals surface area contributed by atoms with Crippen molar-refractivity contribution < 1.29 is 19.1 Å². The maximum absolute atomic E-state index is 12.7. The Labute approximate surface area is 185 Å². The molecule has 1 aliphatic rings. The monoisotopic (exact) mass is 432 g/mol. The van der Waals surface area contributed by atoms with Gasteiger partial charge < -0.3 is 25.6 Å². The lowest BCUT2D eigenvalue weighted by atomic mass is 9.88. The Kier molecular flexibility index (Phi) is 9.78. The van der Waals surface area contributed by atoms with E-state index in [0.717, 1.165) is 11.3 Å². The zero-order valence-electron chi connectivity index (χ0n) is 19.1. The summed E-state index contributed by atoms with van der Waals surface area (Å²) in [5.41, 5.74) is 1.89. The normalized spacial score (nSPS) is 15.5. The van der Waals surface area contributed by atoms with Crippen LogP contribution < -0.4 is 16.0 Å². The third-order valence-electron chi connectivity index (χ3n) is 5.40. The second kappa shape index (κ2) is 12.3. The summed E-state index contributed by atoms with van der Waals surface area (Å²) >= 11 is 0. The third kappa shape index (κ3) is 8.20. The number of rotatable bonds is 9. The average Bonchev–Trinajstić information content (AvgIpc) is 2.73. The number of carbonyl (C=O) groups is 3. The second-order valence-corrected chi connectivity index (χ2v) is 8.55. The van der Waals surface area contributed by atoms with Gasteiger partial charge in [-0.05, 0) is 43.7 Å². The Bertz CT molecular complexity index is 728. The second-order valence-electron chi connectivity index (χ2n) is 8.55. The highest BCUT2D eigenvalue weighted by Gasteiger charge is 2.33. The number of aryl methyl sites for hydroxylation is 1. The lowest BCUT2D eigenvalue weighted by molar-refractivity contribution is -0.131. The number of methoxy groups -OCH3 is 1. The zero-order valence-corrected chi connectivity index (χ0v) is 19.1. The molecule has 1 aromatic carbocycles. The molecular formula is C23H36N4O4. The lowest BCUT2D eigenvalue weighted by Crippen LogP contribution is -2.54. The van der Waals surface area contributed by atoms with Crippen LogP contribution in [0, 0.1) is 18.8 Å². The molecule has 1 unspecified atom stereocenters. The van der Waals surface area contributed by atoms with E-state index in [1.54, 1.807) is 12.0 Å². The maximum Gasteiger partial charge on any atom is 0.321 e. The summed E-state index contributed by atoms with van der Waals surface area (Å²) in [5, 5.41) is 8.68. The van der Waals surface area contributed by atoms with Crippen LogP contribution in [0.3, 0.4) is 0 Å². The van der Waals surface area contributed by atoms with E-state index in [1.807, 2.05) is 45.0 Å². The van der Waals surface area contributed by atoms with Crippen LogP contribution in [0.1, 0.15) is 38.7 Å². The summed E-state index contributed by atoms with van der Waals surface area (Å²) in [6.45, 7) is 7.81. The number of hydrogen-bond acceptors (Lipinski definition) is 4. The molecule has 2 rings (SSSR count). The number of likely N-dealkylation sites (tertiary alicyclic amines) is 1. The van der Waals surface area contributed by atoms with Crippen molar-refractivity contribution in [2.75, 3.05) is 38.7 Å². The predicted molar refractivity (Wildman–Crippen MR) is 121 cm³/mol. The standard InChI is InChI=1S/C23H36N4O4/c1-16(2)15-20(28)26-21(22(29)24-11-14-31-4)18-9-12-27(13-10-18)23(30)25-19-7-5-17(3)6-8-19/h5-8,16,18,21H,9-15H2,1-4H3,(H,24,29)(H,25,30)(H,26,28). The summed E-state index contributed by atoms with van der Waals surface area (Å²) < 4.78 is 4.99. The van der Waals surface area contributed by atoms with Crippen LogP contribution in [0.2, 0.25) is 0 Å². The van der Waals surface area contributed by atoms with Crippen LogP contribution in [0.4, 0.5) is 10.5 Å². The fourth-order valence-electron chi connectivity index (χ4n) is 3.66. The maximum atomic E-state index is 12.7. The van der Waals surface area contributed by atoms with Crippen LogP contribution >= 0.6 is 0 Å². The molecule has 0 aliphatic carbocycles. The highest BCUT2D eigenvalue weighted by Crippen LogP contribution is 2.22. The van der Waals surface area contributed by atoms with Crippen molar-refractivity contribution in [2.24, 2.45) is 11.8 Å². The van der Waals surface area contributed by atoms with E-state index in [-0.39, 0.29) is 29.7 Å². The molecule has 1 heterocycles. The quantitative estimate of drug-likeness (QED) is 0.522. The van der Waals surface area contributed by atoms with E-state index in [0.29, 0.717) is 45.5 Å². The topological polar surface area (TPSA) is 99.8 Å². The van der Waals surface area contributed by atoms with Crippen LogP contribution in [-0.2, 0) is 14.3 Å². The van der Waals surface area contributed by atoms with E-state index in [9.17, 15) is 14.4 Å². The van der Waals surface area contributed by atoms with Gasteiger partial charge in [-0.1, -0.05) is 31.5 Å². The van der Waals surface area contributed by atoms with Crippen molar-refractivity contribution in [3.63, 3.8) is 0 Å². The minimum atomic E-state index is -0.606. The highest BCUT2D eigenvalue weighted by molar-refractivity contribution is 5.90. The fourth-order valence-corrected chi connectivity index (χ4v) is 3.66. The number of piperidine rings is 1. The summed E-state index contributed by atoms with van der Waals surface area (Å²) in [6, 6.07) is 6.91. The first-order valence-electron chi connectivity index (χ1n) is 11.0. The van der Waals surface area contributed by atoms with E-state index in [1.165, 1.54) is 0 Å². The van der Waals surface area contributed by atoms with Crippen molar-refractivity contribution in [3.05, 3.63) is 29.8 Å². The van der Waals surface area contributed by atoms with Crippen LogP contribution in [-0.4, -0.2) is 62.1 Å². The van der Waals surface area contributed by atoms with Crippen LogP contribution in [0.15, 0.2) is 24.3 Å². The molecule has 0 spiro atoms. The summed E-state index contributed by atoms with van der Waals surface area (Å²) in [6.07, 6.45) is 1.66. The Morgan fingerprint density at radius 3 is 2.35 bits per heavy atom. The number of urea groups is 1. The molecule has 3 N–H and O–H groups in total. The number of hydrogen-bond donors (Lipinski definition) is 3. The third-order valence-corrected chi connectivity index (χ3v) is 5.40. The first-order chi connectivity index (χ1) is 14.8. The van der Waals surface area contributed by atoms with Gasteiger partial charge in [0, 0.05) is 38.9 Å². The molecule has 1 saturated heterocycles. The summed E-state index contributed by atoms with van der Waals surface area (Å²) in [7, 11) is 1.57. The highest BCUT2D eigenvalue weighted by atomic mass is 16.5. The molecule has 4 amide bonds. The molecule has 0 radical (unpaired) electrons. The average molecular weight is 433 g/mol. The van der Waals surface area contributed by atoms with Crippen molar-refractivity contribution in [1.29, 1.82) is 0 Å². The van der Waals surface area contributed by atoms with Crippen LogP contribution in [0.5, 0.6) is 0 Å². The van der Waals surface area contributed by atoms with E-state index in [2.05, 4.69) is 16.0 Å². The Morgan fingerprint density at radius 1 is 1.13 bits per heavy atom. The van der Waals surface area contributed by atoms with Crippen molar-refractivity contribution >= 4 is 23.5 Å². The minimum Gasteiger partial charge on any atom is -0.383 e. The van der Waals surface area contributed by atoms with Gasteiger partial charge in [-0.15, -0.1) is 0 Å². The first-order valence-corrected chi connectivity index (χ1v) is 11.0. The van der Waals surface area contributed by atoms with Gasteiger partial charge in [0.05, 0.1) is 6.61 Å². The molecule has 1 aliphatic heterocycles. The number of nitrogens with zero attached hydrogens (tertiary/aromatic N) is 1. The van der Waals surface area contributed by atoms with Crippen molar-refractivity contribution in [2.45, 2.75) is 46.1 Å². The zero-order chi connectivity index (χ0) is 22.8. The molecule has 0 bridgehead atoms. The van der Waals surface area contributed by atoms with Gasteiger partial charge >= 0.3 is 6.03 Å². The Balaban J connectivity index is 1.94. The van der Waals surface area contributed by atoms with Crippen LogP contribution in [0.25, 0.3) is 0 Å². The van der Waals surface area contributed by atoms with Crippen molar-refractivity contribution in [1.82, 2.24) is 15.5 Å². The molecule has 31 heavy (non-hydrogen) atoms. The van der Waals surface area contributed by atoms with Crippen molar-refractivity contribution in [3.8, 4) is 0 Å². The molecule has 172 valence electrons. The number of anilines is 1. The first kappa shape index (κ1) is 24.7. The predicted octanol–water partition coefficient (Wildman–Crippen LogP) is 2.53. The molecule has 0 saturated carbocycles. The largest absolute Gasteiger partial charge is 0.383 e. The molecular weight excluding hydrogens is 396 g/mol. The van der Waals surface area contributed by atoms with Gasteiger partial charge in [0.15, 0.2) is 0 Å². The molecule has 1 fully saturated rings. The number of amides is 4. The fraction of sp³-hybridized carbons (Fsp3) is 0.609. The summed E-state index contributed by atoms with van der Waals surface area (Å²) in [4.78, 5) is 39.4. The molecule has 0 aromatic heterocycles. The lowest BCUT2D eigenvalue weighted by Gasteiger charge is -2.35. The summed E-state index contributed by atoms with van der Waals surface area (Å²) in [5.74, 6) is -0.134. The molecule has 8 nitrogen and oxygen atoms in total. The smallest absolute Gasteiger partial charge is 0.321 e. The van der Waals surface area contributed by atoms with E-state index in [4.69, 9.17) is 4.74 Å². The molecule has 1 aromatic rings. The van der Waals surface area contributed by atoms with E-state index >= 15 is 0 Å². The Hall–Kier alpha value is -2.61. The van der Waals surface area contributed by atoms with Gasteiger partial charge in [-0.2, -0.15) is 0 Å². The van der Waals surface area contributed by atoms with Gasteiger partial charge in [0.25, 0.3) is 0 Å². The van der Waals surface area contributed by atoms with Gasteiger partial charge in [0.1, 0.15) is 6.04 Å². The van der Waals surface area contributed by atoms with Gasteiger partial charge in [0.2, 0.25) is 11.8 Å².